The van der Waals surface area contributed by atoms with E-state index in [1.54, 1.807) is 0 Å². The van der Waals surface area contributed by atoms with Gasteiger partial charge in [-0.25, -0.2) is 19.3 Å². The normalized spacial score (nSPS) is 16.2. The molecule has 0 saturated carbocycles. The van der Waals surface area contributed by atoms with Gasteiger partial charge < -0.3 is 19.9 Å². The van der Waals surface area contributed by atoms with Crippen molar-refractivity contribution >= 4 is 17.5 Å². The second kappa shape index (κ2) is 11.3. The summed E-state index contributed by atoms with van der Waals surface area (Å²) >= 11 is 0. The minimum atomic E-state index is -0.478. The highest BCUT2D eigenvalue weighted by Gasteiger charge is 2.25. The number of halogens is 1. The number of likely N-dealkylation sites (N-methyl/N-ethyl adjacent to an activating group) is 1. The molecule has 2 aromatic heterocycles. The molecule has 4 heterocycles. The second-order valence-corrected chi connectivity index (χ2v) is 9.90. The number of anilines is 3. The van der Waals surface area contributed by atoms with Crippen LogP contribution in [-0.2, 0) is 6.54 Å². The minimum absolute atomic E-state index is 0.167. The van der Waals surface area contributed by atoms with Crippen LogP contribution in [0.1, 0.15) is 31.9 Å². The summed E-state index contributed by atoms with van der Waals surface area (Å²) in [5.74, 6) is 0.630. The Kier molecular flexibility index (Phi) is 7.67. The maximum absolute atomic E-state index is 15.1. The van der Waals surface area contributed by atoms with Gasteiger partial charge in [0.1, 0.15) is 18.5 Å². The first-order chi connectivity index (χ1) is 18.4. The highest BCUT2D eigenvalue weighted by molar-refractivity contribution is 5.75. The van der Waals surface area contributed by atoms with E-state index in [-0.39, 0.29) is 23.3 Å². The molecular formula is C28H33FN8O. The first-order valence-electron chi connectivity index (χ1n) is 13.1. The SMILES string of the molecule is CCN1CCN(Cc2ccc(Nc3ncc(C#N)c(-c4cc(F)c5c(c4)N(C(C)C)CCO5)n3)nc2)CC1. The minimum Gasteiger partial charge on any atom is -0.486 e. The number of hydrogen-bond donors (Lipinski definition) is 1. The number of fused-ring (bicyclic) bond motifs is 1. The summed E-state index contributed by atoms with van der Waals surface area (Å²) in [7, 11) is 0. The molecule has 0 aliphatic carbocycles. The molecule has 10 heteroatoms. The zero-order valence-electron chi connectivity index (χ0n) is 22.1. The van der Waals surface area contributed by atoms with E-state index < -0.39 is 5.82 Å². The fraction of sp³-hybridized carbons (Fsp3) is 0.429. The fourth-order valence-corrected chi connectivity index (χ4v) is 4.95. The summed E-state index contributed by atoms with van der Waals surface area (Å²) in [6.45, 7) is 13.7. The Hall–Kier alpha value is -3.81. The van der Waals surface area contributed by atoms with E-state index in [9.17, 15) is 5.26 Å². The van der Waals surface area contributed by atoms with Crippen LogP contribution in [0, 0.1) is 17.1 Å². The number of benzene rings is 1. The largest absolute Gasteiger partial charge is 0.486 e. The quantitative estimate of drug-likeness (QED) is 0.499. The lowest BCUT2D eigenvalue weighted by atomic mass is 10.0. The molecule has 1 N–H and O–H groups in total. The maximum Gasteiger partial charge on any atom is 0.228 e. The summed E-state index contributed by atoms with van der Waals surface area (Å²) in [4.78, 5) is 20.4. The van der Waals surface area contributed by atoms with Crippen LogP contribution in [0.3, 0.4) is 0 Å². The molecule has 0 spiro atoms. The molecule has 2 aliphatic heterocycles. The molecule has 198 valence electrons. The maximum atomic E-state index is 15.1. The molecule has 0 unspecified atom stereocenters. The van der Waals surface area contributed by atoms with Gasteiger partial charge in [0.25, 0.3) is 0 Å². The lowest BCUT2D eigenvalue weighted by molar-refractivity contribution is 0.132. The lowest BCUT2D eigenvalue weighted by Crippen LogP contribution is -2.45. The van der Waals surface area contributed by atoms with Gasteiger partial charge in [-0.15, -0.1) is 0 Å². The van der Waals surface area contributed by atoms with Crippen molar-refractivity contribution in [2.45, 2.75) is 33.4 Å². The fourth-order valence-electron chi connectivity index (χ4n) is 4.95. The van der Waals surface area contributed by atoms with Crippen LogP contribution in [-0.4, -0.2) is 76.7 Å². The van der Waals surface area contributed by atoms with Crippen molar-refractivity contribution in [3.05, 3.63) is 53.6 Å². The van der Waals surface area contributed by atoms with Crippen molar-refractivity contribution in [2.24, 2.45) is 0 Å². The second-order valence-electron chi connectivity index (χ2n) is 9.90. The zero-order chi connectivity index (χ0) is 26.6. The molecule has 38 heavy (non-hydrogen) atoms. The zero-order valence-corrected chi connectivity index (χ0v) is 22.1. The van der Waals surface area contributed by atoms with Crippen molar-refractivity contribution in [1.82, 2.24) is 24.8 Å². The smallest absolute Gasteiger partial charge is 0.228 e. The topological polar surface area (TPSA) is 93.4 Å². The molecule has 1 aromatic carbocycles. The summed E-state index contributed by atoms with van der Waals surface area (Å²) in [5, 5.41) is 12.8. The Bertz CT molecular complexity index is 1320. The predicted octanol–water partition coefficient (Wildman–Crippen LogP) is 4.04. The Morgan fingerprint density at radius 2 is 1.87 bits per heavy atom. The number of piperazine rings is 1. The summed E-state index contributed by atoms with van der Waals surface area (Å²) < 4.78 is 20.7. The summed E-state index contributed by atoms with van der Waals surface area (Å²) in [5.41, 5.74) is 2.90. The molecule has 1 fully saturated rings. The molecule has 0 radical (unpaired) electrons. The average molecular weight is 517 g/mol. The summed E-state index contributed by atoms with van der Waals surface area (Å²) in [6.07, 6.45) is 3.31. The first kappa shape index (κ1) is 25.8. The van der Waals surface area contributed by atoms with Gasteiger partial charge in [-0.1, -0.05) is 13.0 Å². The van der Waals surface area contributed by atoms with E-state index in [0.29, 0.717) is 35.9 Å². The molecule has 0 atom stereocenters. The van der Waals surface area contributed by atoms with E-state index in [0.717, 1.165) is 44.8 Å². The molecule has 2 aliphatic rings. The summed E-state index contributed by atoms with van der Waals surface area (Å²) in [6, 6.07) is 9.44. The van der Waals surface area contributed by atoms with Gasteiger partial charge in [-0.05, 0) is 44.2 Å². The van der Waals surface area contributed by atoms with E-state index in [1.807, 2.05) is 24.4 Å². The van der Waals surface area contributed by atoms with E-state index >= 15 is 4.39 Å². The Morgan fingerprint density at radius 1 is 1.08 bits per heavy atom. The highest BCUT2D eigenvalue weighted by Crippen LogP contribution is 2.39. The number of ether oxygens (including phenoxy) is 1. The van der Waals surface area contributed by atoms with Crippen LogP contribution in [0.25, 0.3) is 11.3 Å². The molecule has 3 aromatic rings. The van der Waals surface area contributed by atoms with E-state index in [1.165, 1.54) is 12.3 Å². The average Bonchev–Trinajstić information content (AvgIpc) is 2.94. The molecular weight excluding hydrogens is 483 g/mol. The predicted molar refractivity (Wildman–Crippen MR) is 145 cm³/mol. The Balaban J connectivity index is 1.35. The molecule has 0 amide bonds. The lowest BCUT2D eigenvalue weighted by Gasteiger charge is -2.34. The van der Waals surface area contributed by atoms with Gasteiger partial charge in [0.2, 0.25) is 5.95 Å². The highest BCUT2D eigenvalue weighted by atomic mass is 19.1. The van der Waals surface area contributed by atoms with E-state index in [4.69, 9.17) is 4.74 Å². The Labute approximate surface area is 222 Å². The van der Waals surface area contributed by atoms with Crippen molar-refractivity contribution in [1.29, 1.82) is 5.26 Å². The van der Waals surface area contributed by atoms with Gasteiger partial charge in [0, 0.05) is 50.5 Å². The van der Waals surface area contributed by atoms with Crippen molar-refractivity contribution in [3.8, 4) is 23.1 Å². The monoisotopic (exact) mass is 516 g/mol. The van der Waals surface area contributed by atoms with Crippen molar-refractivity contribution < 1.29 is 9.13 Å². The standard InChI is InChI=1S/C28H33FN8O/c1-4-35-7-9-36(10-8-35)18-20-5-6-25(31-16-20)33-28-32-17-22(15-30)26(34-28)21-13-23(29)27-24(14-21)37(19(2)3)11-12-38-27/h5-6,13-14,16-17,19H,4,7-12,18H2,1-3H3,(H,31,32,33,34). The van der Waals surface area contributed by atoms with Gasteiger partial charge in [0.15, 0.2) is 11.6 Å². The van der Waals surface area contributed by atoms with Crippen LogP contribution < -0.4 is 15.0 Å². The van der Waals surface area contributed by atoms with Crippen molar-refractivity contribution in [2.75, 3.05) is 56.1 Å². The van der Waals surface area contributed by atoms with Gasteiger partial charge in [-0.2, -0.15) is 5.26 Å². The van der Waals surface area contributed by atoms with E-state index in [2.05, 4.69) is 61.8 Å². The van der Waals surface area contributed by atoms with Crippen LogP contribution >= 0.6 is 0 Å². The van der Waals surface area contributed by atoms with Gasteiger partial charge >= 0.3 is 0 Å². The third-order valence-electron chi connectivity index (χ3n) is 7.10. The Morgan fingerprint density at radius 3 is 2.55 bits per heavy atom. The van der Waals surface area contributed by atoms with Gasteiger partial charge in [0.05, 0.1) is 29.7 Å². The van der Waals surface area contributed by atoms with Crippen LogP contribution in [0.2, 0.25) is 0 Å². The number of nitrogens with one attached hydrogen (secondary N) is 1. The van der Waals surface area contributed by atoms with Gasteiger partial charge in [-0.3, -0.25) is 4.90 Å². The molecule has 5 rings (SSSR count). The number of nitrogens with zero attached hydrogens (tertiary/aromatic N) is 7. The van der Waals surface area contributed by atoms with Crippen LogP contribution in [0.5, 0.6) is 5.75 Å². The van der Waals surface area contributed by atoms with Crippen molar-refractivity contribution in [3.63, 3.8) is 0 Å². The first-order valence-corrected chi connectivity index (χ1v) is 13.1. The van der Waals surface area contributed by atoms with Crippen LogP contribution in [0.4, 0.5) is 21.8 Å². The number of hydrogen-bond acceptors (Lipinski definition) is 9. The third kappa shape index (κ3) is 5.54. The number of rotatable bonds is 7. The number of pyridine rings is 1. The number of nitriles is 1. The molecule has 9 nitrogen and oxygen atoms in total. The molecule has 1 saturated heterocycles. The van der Waals surface area contributed by atoms with Crippen LogP contribution in [0.15, 0.2) is 36.7 Å². The number of aromatic nitrogens is 3. The third-order valence-corrected chi connectivity index (χ3v) is 7.10. The molecule has 0 bridgehead atoms.